The Labute approximate surface area is 151 Å². The molecule has 0 saturated carbocycles. The van der Waals surface area contributed by atoms with Crippen LogP contribution < -0.4 is 5.32 Å². The molecule has 2 aromatic rings. The van der Waals surface area contributed by atoms with Crippen LogP contribution in [0.15, 0.2) is 40.8 Å². The lowest BCUT2D eigenvalue weighted by Gasteiger charge is -2.25. The van der Waals surface area contributed by atoms with Gasteiger partial charge in [-0.2, -0.15) is 0 Å². The van der Waals surface area contributed by atoms with E-state index in [4.69, 9.17) is 16.0 Å². The number of nitrogens with one attached hydrogen (secondary N) is 1. The zero-order valence-corrected chi connectivity index (χ0v) is 14.9. The molecule has 25 heavy (non-hydrogen) atoms. The first-order valence-electron chi connectivity index (χ1n) is 7.93. The quantitative estimate of drug-likeness (QED) is 0.752. The van der Waals surface area contributed by atoms with Gasteiger partial charge < -0.3 is 14.8 Å². The van der Waals surface area contributed by atoms with Gasteiger partial charge in [0.1, 0.15) is 17.6 Å². The van der Waals surface area contributed by atoms with Crippen molar-refractivity contribution in [1.82, 2.24) is 10.2 Å². The number of aliphatic carboxylic acids is 1. The van der Waals surface area contributed by atoms with Crippen LogP contribution in [0.4, 0.5) is 0 Å². The van der Waals surface area contributed by atoms with Crippen molar-refractivity contribution in [2.75, 3.05) is 13.1 Å². The standard InChI is InChI=1S/C18H21ClN2O4/c1-12(18(23)24)21(10-9-20-13(2)22)11-14-7-8-17(25-14)15-5-3-4-6-16(15)19/h3-8,12H,9-11H2,1-2H3,(H,20,22)(H,23,24). The zero-order chi connectivity index (χ0) is 18.4. The summed E-state index contributed by atoms with van der Waals surface area (Å²) in [4.78, 5) is 24.1. The Morgan fingerprint density at radius 2 is 2.00 bits per heavy atom. The van der Waals surface area contributed by atoms with Crippen molar-refractivity contribution in [2.45, 2.75) is 26.4 Å². The number of carbonyl (C=O) groups excluding carboxylic acids is 1. The normalized spacial score (nSPS) is 12.2. The van der Waals surface area contributed by atoms with Gasteiger partial charge >= 0.3 is 5.97 Å². The van der Waals surface area contributed by atoms with E-state index < -0.39 is 12.0 Å². The number of carbonyl (C=O) groups is 2. The Hall–Kier alpha value is -2.31. The Morgan fingerprint density at radius 3 is 2.64 bits per heavy atom. The third kappa shape index (κ3) is 5.34. The monoisotopic (exact) mass is 364 g/mol. The number of hydrogen-bond acceptors (Lipinski definition) is 4. The van der Waals surface area contributed by atoms with E-state index in [-0.39, 0.29) is 5.91 Å². The Balaban J connectivity index is 2.11. The number of carboxylic acid groups (broad SMARTS) is 1. The van der Waals surface area contributed by atoms with Crippen LogP contribution in [-0.2, 0) is 16.1 Å². The van der Waals surface area contributed by atoms with E-state index >= 15 is 0 Å². The molecule has 6 nitrogen and oxygen atoms in total. The Bertz CT molecular complexity index is 744. The Kier molecular flexibility index (Phi) is 6.61. The van der Waals surface area contributed by atoms with E-state index in [9.17, 15) is 14.7 Å². The zero-order valence-electron chi connectivity index (χ0n) is 14.2. The van der Waals surface area contributed by atoms with Gasteiger partial charge in [-0.05, 0) is 31.2 Å². The average molecular weight is 365 g/mol. The van der Waals surface area contributed by atoms with E-state index in [2.05, 4.69) is 5.32 Å². The molecule has 0 aliphatic heterocycles. The molecule has 1 aromatic heterocycles. The topological polar surface area (TPSA) is 82.8 Å². The second-order valence-corrected chi connectivity index (χ2v) is 6.12. The molecule has 0 spiro atoms. The molecule has 1 amide bonds. The molecule has 1 atom stereocenters. The summed E-state index contributed by atoms with van der Waals surface area (Å²) in [6, 6.07) is 10.3. The van der Waals surface area contributed by atoms with Crippen molar-refractivity contribution in [3.05, 3.63) is 47.2 Å². The lowest BCUT2D eigenvalue weighted by Crippen LogP contribution is -2.42. The molecule has 0 radical (unpaired) electrons. The second-order valence-electron chi connectivity index (χ2n) is 5.71. The predicted molar refractivity (Wildman–Crippen MR) is 95.3 cm³/mol. The number of carboxylic acids is 1. The molecular formula is C18H21ClN2O4. The number of hydrogen-bond donors (Lipinski definition) is 2. The molecule has 0 bridgehead atoms. The summed E-state index contributed by atoms with van der Waals surface area (Å²) in [5, 5.41) is 12.5. The summed E-state index contributed by atoms with van der Waals surface area (Å²) in [5.41, 5.74) is 0.784. The van der Waals surface area contributed by atoms with Gasteiger partial charge in [-0.1, -0.05) is 23.7 Å². The second kappa shape index (κ2) is 8.69. The number of furan rings is 1. The highest BCUT2D eigenvalue weighted by Crippen LogP contribution is 2.29. The fourth-order valence-electron chi connectivity index (χ4n) is 2.41. The van der Waals surface area contributed by atoms with Gasteiger partial charge in [0, 0.05) is 25.6 Å². The summed E-state index contributed by atoms with van der Waals surface area (Å²) in [7, 11) is 0. The number of amides is 1. The first-order chi connectivity index (χ1) is 11.9. The van der Waals surface area contributed by atoms with E-state index in [0.717, 1.165) is 5.56 Å². The van der Waals surface area contributed by atoms with Crippen LogP contribution in [0.25, 0.3) is 11.3 Å². The minimum Gasteiger partial charge on any atom is -0.480 e. The number of rotatable bonds is 8. The van der Waals surface area contributed by atoms with Crippen molar-refractivity contribution >= 4 is 23.5 Å². The number of nitrogens with zero attached hydrogens (tertiary/aromatic N) is 1. The summed E-state index contributed by atoms with van der Waals surface area (Å²) >= 11 is 6.18. The molecule has 134 valence electrons. The largest absolute Gasteiger partial charge is 0.480 e. The molecule has 2 N–H and O–H groups in total. The molecular weight excluding hydrogens is 344 g/mol. The van der Waals surface area contributed by atoms with Crippen molar-refractivity contribution < 1.29 is 19.1 Å². The summed E-state index contributed by atoms with van der Waals surface area (Å²) in [6.45, 7) is 4.11. The minimum absolute atomic E-state index is 0.151. The third-order valence-corrected chi connectivity index (χ3v) is 4.17. The highest BCUT2D eigenvalue weighted by atomic mass is 35.5. The summed E-state index contributed by atoms with van der Waals surface area (Å²) in [5.74, 6) is 0.180. The maximum atomic E-state index is 11.3. The SMILES string of the molecule is CC(=O)NCCN(Cc1ccc(-c2ccccc2Cl)o1)C(C)C(=O)O. The molecule has 1 unspecified atom stereocenters. The van der Waals surface area contributed by atoms with Gasteiger partial charge in [0.15, 0.2) is 0 Å². The van der Waals surface area contributed by atoms with Crippen molar-refractivity contribution in [1.29, 1.82) is 0 Å². The van der Waals surface area contributed by atoms with Crippen LogP contribution in [0.1, 0.15) is 19.6 Å². The predicted octanol–water partition coefficient (Wildman–Crippen LogP) is 3.01. The van der Waals surface area contributed by atoms with Crippen LogP contribution in [0.5, 0.6) is 0 Å². The smallest absolute Gasteiger partial charge is 0.320 e. The molecule has 2 rings (SSSR count). The van der Waals surface area contributed by atoms with Crippen LogP contribution in [0.2, 0.25) is 5.02 Å². The van der Waals surface area contributed by atoms with Crippen LogP contribution in [0.3, 0.4) is 0 Å². The maximum absolute atomic E-state index is 11.3. The van der Waals surface area contributed by atoms with Gasteiger partial charge in [0.05, 0.1) is 11.6 Å². The van der Waals surface area contributed by atoms with Crippen LogP contribution >= 0.6 is 11.6 Å². The first kappa shape index (κ1) is 19.0. The maximum Gasteiger partial charge on any atom is 0.320 e. The Morgan fingerprint density at radius 1 is 1.28 bits per heavy atom. The highest BCUT2D eigenvalue weighted by molar-refractivity contribution is 6.33. The summed E-state index contributed by atoms with van der Waals surface area (Å²) < 4.78 is 5.83. The molecule has 0 fully saturated rings. The molecule has 7 heteroatoms. The fraction of sp³-hybridized carbons (Fsp3) is 0.333. The lowest BCUT2D eigenvalue weighted by molar-refractivity contribution is -0.142. The van der Waals surface area contributed by atoms with Gasteiger partial charge in [0.2, 0.25) is 5.91 Å². The van der Waals surface area contributed by atoms with Gasteiger partial charge in [-0.15, -0.1) is 0 Å². The molecule has 0 saturated heterocycles. The first-order valence-corrected chi connectivity index (χ1v) is 8.31. The van der Waals surface area contributed by atoms with Crippen LogP contribution in [0, 0.1) is 0 Å². The van der Waals surface area contributed by atoms with Crippen molar-refractivity contribution in [3.8, 4) is 11.3 Å². The van der Waals surface area contributed by atoms with Gasteiger partial charge in [-0.25, -0.2) is 0 Å². The van der Waals surface area contributed by atoms with Crippen molar-refractivity contribution in [3.63, 3.8) is 0 Å². The molecule has 0 aliphatic rings. The van der Waals surface area contributed by atoms with E-state index in [0.29, 0.717) is 36.2 Å². The van der Waals surface area contributed by atoms with Gasteiger partial charge in [-0.3, -0.25) is 14.5 Å². The summed E-state index contributed by atoms with van der Waals surface area (Å²) in [6.07, 6.45) is 0. The number of benzene rings is 1. The van der Waals surface area contributed by atoms with E-state index in [1.165, 1.54) is 6.92 Å². The van der Waals surface area contributed by atoms with E-state index in [1.807, 2.05) is 24.3 Å². The average Bonchev–Trinajstić information content (AvgIpc) is 3.01. The molecule has 1 heterocycles. The highest BCUT2D eigenvalue weighted by Gasteiger charge is 2.22. The minimum atomic E-state index is -0.930. The lowest BCUT2D eigenvalue weighted by atomic mass is 10.2. The van der Waals surface area contributed by atoms with Crippen molar-refractivity contribution in [2.24, 2.45) is 0 Å². The van der Waals surface area contributed by atoms with E-state index in [1.54, 1.807) is 24.0 Å². The van der Waals surface area contributed by atoms with Gasteiger partial charge in [0.25, 0.3) is 0 Å². The fourth-order valence-corrected chi connectivity index (χ4v) is 2.64. The third-order valence-electron chi connectivity index (χ3n) is 3.84. The molecule has 0 aliphatic carbocycles. The number of halogens is 1. The van der Waals surface area contributed by atoms with Crippen LogP contribution in [-0.4, -0.2) is 41.0 Å². The molecule has 1 aromatic carbocycles.